The van der Waals surface area contributed by atoms with Gasteiger partial charge in [0.1, 0.15) is 11.5 Å². The number of nitrogens with one attached hydrogen (secondary N) is 2. The van der Waals surface area contributed by atoms with Gasteiger partial charge in [-0.25, -0.2) is 4.79 Å². The van der Waals surface area contributed by atoms with E-state index in [1.54, 1.807) is 19.1 Å². The third kappa shape index (κ3) is 5.57. The van der Waals surface area contributed by atoms with E-state index in [9.17, 15) is 14.4 Å². The largest absolute Gasteiger partial charge is 0.493 e. The molecule has 3 aromatic rings. The molecule has 3 rings (SSSR count). The van der Waals surface area contributed by atoms with Gasteiger partial charge < -0.3 is 30.2 Å². The number of benzene rings is 2. The molecule has 11 heteroatoms. The Bertz CT molecular complexity index is 1280. The van der Waals surface area contributed by atoms with Gasteiger partial charge >= 0.3 is 5.69 Å². The van der Waals surface area contributed by atoms with Crippen molar-refractivity contribution in [2.24, 2.45) is 0 Å². The van der Waals surface area contributed by atoms with Gasteiger partial charge in [-0.1, -0.05) is 30.3 Å². The highest BCUT2D eigenvalue weighted by Gasteiger charge is 2.21. The van der Waals surface area contributed by atoms with Crippen molar-refractivity contribution in [1.29, 1.82) is 0 Å². The Morgan fingerprint density at radius 3 is 2.23 bits per heavy atom. The van der Waals surface area contributed by atoms with E-state index in [0.717, 1.165) is 5.56 Å². The first-order chi connectivity index (χ1) is 16.8. The van der Waals surface area contributed by atoms with Crippen molar-refractivity contribution in [2.75, 3.05) is 50.4 Å². The summed E-state index contributed by atoms with van der Waals surface area (Å²) in [6, 6.07) is 12.4. The number of carbonyl (C=O) groups excluding carboxylic acids is 1. The van der Waals surface area contributed by atoms with Gasteiger partial charge in [0.05, 0.1) is 34.4 Å². The predicted molar refractivity (Wildman–Crippen MR) is 134 cm³/mol. The number of amides is 1. The third-order valence-corrected chi connectivity index (χ3v) is 5.38. The Labute approximate surface area is 202 Å². The normalized spacial score (nSPS) is 10.5. The lowest BCUT2D eigenvalue weighted by Gasteiger charge is -2.24. The highest BCUT2D eigenvalue weighted by atomic mass is 16.5. The van der Waals surface area contributed by atoms with Crippen LogP contribution in [0.2, 0.25) is 0 Å². The predicted octanol–water partition coefficient (Wildman–Crippen LogP) is 1.66. The highest BCUT2D eigenvalue weighted by Crippen LogP contribution is 2.39. The molecule has 0 unspecified atom stereocenters. The fourth-order valence-corrected chi connectivity index (χ4v) is 3.68. The summed E-state index contributed by atoms with van der Waals surface area (Å²) >= 11 is 0. The number of hydrogen-bond acceptors (Lipinski definition) is 8. The number of likely N-dealkylation sites (N-methyl/N-ethyl adjacent to an activating group) is 1. The number of aromatic nitrogens is 2. The first-order valence-electron chi connectivity index (χ1n) is 10.8. The van der Waals surface area contributed by atoms with Crippen LogP contribution in [0.1, 0.15) is 12.5 Å². The Balaban J connectivity index is 1.88. The van der Waals surface area contributed by atoms with E-state index in [2.05, 4.69) is 10.3 Å². The number of nitrogen functional groups attached to an aromatic ring is 1. The van der Waals surface area contributed by atoms with Gasteiger partial charge in [0.2, 0.25) is 11.7 Å². The van der Waals surface area contributed by atoms with Crippen LogP contribution in [0.25, 0.3) is 0 Å². The first-order valence-corrected chi connectivity index (χ1v) is 10.8. The third-order valence-electron chi connectivity index (χ3n) is 5.38. The van der Waals surface area contributed by atoms with Gasteiger partial charge in [0, 0.05) is 24.4 Å². The SMILES string of the molecule is CCN(CC(=O)Nc1cc(OC)c(OC)c(OC)c1)c1c(N)n(Cc2ccccc2)c(=O)[nH]c1=O. The number of aromatic amines is 1. The summed E-state index contributed by atoms with van der Waals surface area (Å²) in [5.41, 5.74) is 6.27. The van der Waals surface area contributed by atoms with Gasteiger partial charge in [-0.2, -0.15) is 0 Å². The molecule has 0 fully saturated rings. The van der Waals surface area contributed by atoms with Crippen LogP contribution in [-0.2, 0) is 11.3 Å². The molecule has 0 spiro atoms. The quantitative estimate of drug-likeness (QED) is 0.395. The van der Waals surface area contributed by atoms with E-state index < -0.39 is 17.2 Å². The number of ether oxygens (including phenoxy) is 3. The number of anilines is 3. The van der Waals surface area contributed by atoms with Crippen molar-refractivity contribution in [2.45, 2.75) is 13.5 Å². The number of nitrogens with zero attached hydrogens (tertiary/aromatic N) is 2. The Hall–Kier alpha value is -4.41. The molecule has 1 amide bonds. The molecule has 35 heavy (non-hydrogen) atoms. The monoisotopic (exact) mass is 483 g/mol. The van der Waals surface area contributed by atoms with E-state index in [0.29, 0.717) is 29.5 Å². The zero-order chi connectivity index (χ0) is 25.5. The van der Waals surface area contributed by atoms with Crippen LogP contribution in [0, 0.1) is 0 Å². The van der Waals surface area contributed by atoms with Crippen molar-refractivity contribution < 1.29 is 19.0 Å². The summed E-state index contributed by atoms with van der Waals surface area (Å²) in [6.07, 6.45) is 0. The average molecular weight is 484 g/mol. The van der Waals surface area contributed by atoms with Crippen LogP contribution in [0.5, 0.6) is 17.2 Å². The van der Waals surface area contributed by atoms with E-state index in [-0.39, 0.29) is 24.6 Å². The second kappa shape index (κ2) is 11.1. The maximum atomic E-state index is 12.9. The molecule has 1 heterocycles. The molecule has 2 aromatic carbocycles. The van der Waals surface area contributed by atoms with E-state index in [1.807, 2.05) is 30.3 Å². The molecule has 0 radical (unpaired) electrons. The maximum absolute atomic E-state index is 12.9. The highest BCUT2D eigenvalue weighted by molar-refractivity contribution is 5.95. The van der Waals surface area contributed by atoms with Crippen LogP contribution < -0.4 is 41.4 Å². The topological polar surface area (TPSA) is 141 Å². The van der Waals surface area contributed by atoms with Crippen molar-refractivity contribution in [3.63, 3.8) is 0 Å². The second-order valence-corrected chi connectivity index (χ2v) is 7.54. The molecule has 0 atom stereocenters. The molecule has 186 valence electrons. The number of nitrogens with two attached hydrogens (primary N) is 1. The van der Waals surface area contributed by atoms with Crippen LogP contribution in [0.4, 0.5) is 17.2 Å². The smallest absolute Gasteiger partial charge is 0.330 e. The molecule has 4 N–H and O–H groups in total. The number of hydrogen-bond donors (Lipinski definition) is 3. The molecule has 0 aliphatic carbocycles. The number of rotatable bonds is 10. The molecular formula is C24H29N5O6. The standard InChI is InChI=1S/C24H29N5O6/c1-5-28(14-19(30)26-16-11-17(33-2)21(35-4)18(12-16)34-3)20-22(25)29(24(32)27-23(20)31)13-15-9-7-6-8-10-15/h6-12H,5,13-14,25H2,1-4H3,(H,26,30)(H,27,31,32). The van der Waals surface area contributed by atoms with Gasteiger partial charge in [-0.05, 0) is 12.5 Å². The van der Waals surface area contributed by atoms with Gasteiger partial charge in [0.15, 0.2) is 11.5 Å². The van der Waals surface area contributed by atoms with E-state index >= 15 is 0 Å². The number of methoxy groups -OCH3 is 3. The van der Waals surface area contributed by atoms with Crippen molar-refractivity contribution in [3.8, 4) is 17.2 Å². The summed E-state index contributed by atoms with van der Waals surface area (Å²) < 4.78 is 17.2. The van der Waals surface area contributed by atoms with Gasteiger partial charge in [-0.3, -0.25) is 19.1 Å². The fourth-order valence-electron chi connectivity index (χ4n) is 3.68. The van der Waals surface area contributed by atoms with Gasteiger partial charge in [0.25, 0.3) is 5.56 Å². The zero-order valence-corrected chi connectivity index (χ0v) is 20.1. The second-order valence-electron chi connectivity index (χ2n) is 7.54. The summed E-state index contributed by atoms with van der Waals surface area (Å²) in [6.45, 7) is 2.05. The molecular weight excluding hydrogens is 454 g/mol. The molecule has 11 nitrogen and oxygen atoms in total. The fraction of sp³-hybridized carbons (Fsp3) is 0.292. The summed E-state index contributed by atoms with van der Waals surface area (Å²) in [7, 11) is 4.43. The van der Waals surface area contributed by atoms with Crippen LogP contribution >= 0.6 is 0 Å². The van der Waals surface area contributed by atoms with Crippen LogP contribution in [0.3, 0.4) is 0 Å². The lowest BCUT2D eigenvalue weighted by Crippen LogP contribution is -2.41. The number of carbonyl (C=O) groups is 1. The van der Waals surface area contributed by atoms with E-state index in [4.69, 9.17) is 19.9 Å². The van der Waals surface area contributed by atoms with Crippen LogP contribution in [-0.4, -0.2) is 49.9 Å². The first kappa shape index (κ1) is 25.2. The van der Waals surface area contributed by atoms with E-state index in [1.165, 1.54) is 30.8 Å². The molecule has 0 bridgehead atoms. The molecule has 0 aliphatic heterocycles. The Kier molecular flexibility index (Phi) is 8.03. The Morgan fingerprint density at radius 2 is 1.69 bits per heavy atom. The minimum Gasteiger partial charge on any atom is -0.493 e. The molecule has 0 aliphatic rings. The minimum atomic E-state index is -0.667. The zero-order valence-electron chi connectivity index (χ0n) is 20.1. The minimum absolute atomic E-state index is 0.0231. The summed E-state index contributed by atoms with van der Waals surface area (Å²) in [5, 5.41) is 2.76. The van der Waals surface area contributed by atoms with Crippen molar-refractivity contribution in [1.82, 2.24) is 9.55 Å². The lowest BCUT2D eigenvalue weighted by atomic mass is 10.2. The van der Waals surface area contributed by atoms with Crippen LogP contribution in [0.15, 0.2) is 52.1 Å². The molecule has 0 saturated heterocycles. The average Bonchev–Trinajstić information content (AvgIpc) is 2.85. The van der Waals surface area contributed by atoms with Gasteiger partial charge in [-0.15, -0.1) is 0 Å². The number of H-pyrrole nitrogens is 1. The molecule has 0 saturated carbocycles. The maximum Gasteiger partial charge on any atom is 0.330 e. The lowest BCUT2D eigenvalue weighted by molar-refractivity contribution is -0.115. The summed E-state index contributed by atoms with van der Waals surface area (Å²) in [4.78, 5) is 41.8. The Morgan fingerprint density at radius 1 is 1.06 bits per heavy atom. The van der Waals surface area contributed by atoms with Crippen molar-refractivity contribution >= 4 is 23.1 Å². The molecule has 1 aromatic heterocycles. The van der Waals surface area contributed by atoms with Crippen molar-refractivity contribution in [3.05, 3.63) is 68.9 Å². The summed E-state index contributed by atoms with van der Waals surface area (Å²) in [5.74, 6) is 0.709.